The van der Waals surface area contributed by atoms with Crippen molar-refractivity contribution in [3.63, 3.8) is 0 Å². The van der Waals surface area contributed by atoms with Crippen molar-refractivity contribution in [2.24, 2.45) is 0 Å². The number of aryl methyl sites for hydroxylation is 1. The third kappa shape index (κ3) is 1.76. The Hall–Kier alpha value is -2.69. The Labute approximate surface area is 108 Å². The monoisotopic (exact) mass is 253 g/mol. The molecule has 0 unspecified atom stereocenters. The minimum atomic E-state index is -0.294. The molecule has 0 atom stereocenters. The lowest BCUT2D eigenvalue weighted by atomic mass is 10.2. The summed E-state index contributed by atoms with van der Waals surface area (Å²) in [5.74, 6) is 0. The average molecular weight is 253 g/mol. The van der Waals surface area contributed by atoms with E-state index in [4.69, 9.17) is 0 Å². The Kier molecular flexibility index (Phi) is 2.52. The molecule has 0 saturated carbocycles. The second-order valence-electron chi connectivity index (χ2n) is 4.23. The molecule has 3 rings (SSSR count). The molecule has 0 N–H and O–H groups in total. The SMILES string of the molecule is Cc1nn(-c2ccccc2)c(=O)c2ccc[n+]([O-])c12. The highest BCUT2D eigenvalue weighted by Gasteiger charge is 2.15. The maximum absolute atomic E-state index is 12.4. The van der Waals surface area contributed by atoms with E-state index >= 15 is 0 Å². The number of pyridine rings is 1. The van der Waals surface area contributed by atoms with Gasteiger partial charge in [-0.3, -0.25) is 4.79 Å². The molecular formula is C14H11N3O2. The maximum Gasteiger partial charge on any atom is 0.285 e. The zero-order chi connectivity index (χ0) is 13.4. The Morgan fingerprint density at radius 1 is 1.16 bits per heavy atom. The van der Waals surface area contributed by atoms with E-state index in [0.29, 0.717) is 27.0 Å². The first-order valence-corrected chi connectivity index (χ1v) is 5.86. The van der Waals surface area contributed by atoms with Crippen LogP contribution in [0.1, 0.15) is 5.69 Å². The molecule has 1 aromatic carbocycles. The van der Waals surface area contributed by atoms with Crippen LogP contribution >= 0.6 is 0 Å². The van der Waals surface area contributed by atoms with Gasteiger partial charge in [0.25, 0.3) is 11.1 Å². The van der Waals surface area contributed by atoms with Crippen LogP contribution in [-0.4, -0.2) is 9.78 Å². The summed E-state index contributed by atoms with van der Waals surface area (Å²) in [5.41, 5.74) is 1.23. The Morgan fingerprint density at radius 2 is 1.89 bits per heavy atom. The normalized spacial score (nSPS) is 10.8. The predicted octanol–water partition coefficient (Wildman–Crippen LogP) is 1.33. The van der Waals surface area contributed by atoms with Crippen LogP contribution in [-0.2, 0) is 0 Å². The van der Waals surface area contributed by atoms with E-state index in [2.05, 4.69) is 5.10 Å². The van der Waals surface area contributed by atoms with E-state index in [1.807, 2.05) is 18.2 Å². The standard InChI is InChI=1S/C14H11N3O2/c1-10-13-12(8-5-9-16(13)19)14(18)17(15-10)11-6-3-2-4-7-11/h2-9H,1H3. The number of rotatable bonds is 1. The number of aromatic nitrogens is 3. The quantitative estimate of drug-likeness (QED) is 0.485. The molecule has 0 spiro atoms. The van der Waals surface area contributed by atoms with Crippen LogP contribution in [0.5, 0.6) is 0 Å². The van der Waals surface area contributed by atoms with Gasteiger partial charge in [0.1, 0.15) is 11.1 Å². The van der Waals surface area contributed by atoms with E-state index in [9.17, 15) is 10.0 Å². The highest BCUT2D eigenvalue weighted by atomic mass is 16.5. The molecule has 0 fully saturated rings. The first kappa shape index (κ1) is 11.4. The molecule has 5 nitrogen and oxygen atoms in total. The molecule has 0 aliphatic rings. The van der Waals surface area contributed by atoms with Gasteiger partial charge in [-0.2, -0.15) is 14.5 Å². The number of hydrogen-bond donors (Lipinski definition) is 0. The second-order valence-corrected chi connectivity index (χ2v) is 4.23. The number of nitrogens with zero attached hydrogens (tertiary/aromatic N) is 3. The molecule has 3 aromatic rings. The Balaban J connectivity index is 2.42. The lowest BCUT2D eigenvalue weighted by Gasteiger charge is -2.08. The van der Waals surface area contributed by atoms with Crippen LogP contribution in [0, 0.1) is 12.1 Å². The highest BCUT2D eigenvalue weighted by Crippen LogP contribution is 2.10. The highest BCUT2D eigenvalue weighted by molar-refractivity contribution is 5.76. The first-order chi connectivity index (χ1) is 9.18. The van der Waals surface area contributed by atoms with Gasteiger partial charge in [0, 0.05) is 6.07 Å². The summed E-state index contributed by atoms with van der Waals surface area (Å²) in [7, 11) is 0. The average Bonchev–Trinajstić information content (AvgIpc) is 2.43. The Bertz CT molecular complexity index is 810. The Morgan fingerprint density at radius 3 is 2.63 bits per heavy atom. The van der Waals surface area contributed by atoms with E-state index in [1.165, 1.54) is 10.9 Å². The van der Waals surface area contributed by atoms with Crippen LogP contribution in [0.2, 0.25) is 0 Å². The van der Waals surface area contributed by atoms with Gasteiger partial charge < -0.3 is 5.21 Å². The topological polar surface area (TPSA) is 61.8 Å². The summed E-state index contributed by atoms with van der Waals surface area (Å²) in [6.45, 7) is 1.72. The molecule has 19 heavy (non-hydrogen) atoms. The molecule has 0 aliphatic carbocycles. The van der Waals surface area contributed by atoms with Gasteiger partial charge in [-0.15, -0.1) is 0 Å². The summed E-state index contributed by atoms with van der Waals surface area (Å²) in [5, 5.41) is 16.3. The van der Waals surface area contributed by atoms with Crippen LogP contribution in [0.3, 0.4) is 0 Å². The van der Waals surface area contributed by atoms with Crippen molar-refractivity contribution in [2.45, 2.75) is 6.92 Å². The van der Waals surface area contributed by atoms with Crippen LogP contribution < -0.4 is 10.3 Å². The van der Waals surface area contributed by atoms with Gasteiger partial charge in [-0.05, 0) is 25.1 Å². The van der Waals surface area contributed by atoms with Gasteiger partial charge in [0.05, 0.1) is 5.69 Å². The van der Waals surface area contributed by atoms with Crippen molar-refractivity contribution in [3.8, 4) is 5.69 Å². The van der Waals surface area contributed by atoms with E-state index in [1.54, 1.807) is 31.2 Å². The molecular weight excluding hydrogens is 242 g/mol. The predicted molar refractivity (Wildman–Crippen MR) is 71.0 cm³/mol. The number of para-hydroxylation sites is 1. The van der Waals surface area contributed by atoms with Crippen molar-refractivity contribution in [2.75, 3.05) is 0 Å². The summed E-state index contributed by atoms with van der Waals surface area (Å²) in [4.78, 5) is 12.4. The molecule has 0 saturated heterocycles. The van der Waals surface area contributed by atoms with Crippen molar-refractivity contribution >= 4 is 10.9 Å². The zero-order valence-corrected chi connectivity index (χ0v) is 10.3. The fourth-order valence-electron chi connectivity index (χ4n) is 2.12. The second kappa shape index (κ2) is 4.20. The van der Waals surface area contributed by atoms with Gasteiger partial charge in [-0.25, -0.2) is 0 Å². The van der Waals surface area contributed by atoms with Crippen molar-refractivity contribution in [3.05, 3.63) is 69.9 Å². The zero-order valence-electron chi connectivity index (χ0n) is 10.3. The van der Waals surface area contributed by atoms with Crippen molar-refractivity contribution in [1.29, 1.82) is 0 Å². The molecule has 0 amide bonds. The molecule has 2 heterocycles. The van der Waals surface area contributed by atoms with Gasteiger partial charge in [0.15, 0.2) is 6.20 Å². The molecule has 0 radical (unpaired) electrons. The van der Waals surface area contributed by atoms with Crippen LogP contribution in [0.25, 0.3) is 16.6 Å². The fourth-order valence-corrected chi connectivity index (χ4v) is 2.12. The molecule has 2 aromatic heterocycles. The summed E-state index contributed by atoms with van der Waals surface area (Å²) in [6, 6.07) is 12.3. The molecule has 0 aliphatic heterocycles. The van der Waals surface area contributed by atoms with E-state index in [0.717, 1.165) is 0 Å². The van der Waals surface area contributed by atoms with Crippen LogP contribution in [0.4, 0.5) is 0 Å². The lowest BCUT2D eigenvalue weighted by Crippen LogP contribution is -2.32. The van der Waals surface area contributed by atoms with Crippen molar-refractivity contribution in [1.82, 2.24) is 9.78 Å². The molecule has 0 bridgehead atoms. The maximum atomic E-state index is 12.4. The number of benzene rings is 1. The van der Waals surface area contributed by atoms with E-state index < -0.39 is 0 Å². The van der Waals surface area contributed by atoms with Gasteiger partial charge >= 0.3 is 0 Å². The number of hydrogen-bond acceptors (Lipinski definition) is 3. The summed E-state index contributed by atoms with van der Waals surface area (Å²) in [6.07, 6.45) is 1.36. The minimum Gasteiger partial charge on any atom is -0.618 e. The fraction of sp³-hybridized carbons (Fsp3) is 0.0714. The molecule has 94 valence electrons. The molecule has 5 heteroatoms. The van der Waals surface area contributed by atoms with Gasteiger partial charge in [0.2, 0.25) is 0 Å². The smallest absolute Gasteiger partial charge is 0.285 e. The third-order valence-corrected chi connectivity index (χ3v) is 2.98. The number of fused-ring (bicyclic) bond motifs is 1. The largest absolute Gasteiger partial charge is 0.618 e. The van der Waals surface area contributed by atoms with E-state index in [-0.39, 0.29) is 5.56 Å². The lowest BCUT2D eigenvalue weighted by molar-refractivity contribution is -0.577. The summed E-state index contributed by atoms with van der Waals surface area (Å²) < 4.78 is 1.99. The first-order valence-electron chi connectivity index (χ1n) is 5.86. The minimum absolute atomic E-state index is 0.294. The van der Waals surface area contributed by atoms with Gasteiger partial charge in [-0.1, -0.05) is 18.2 Å². The third-order valence-electron chi connectivity index (χ3n) is 2.98. The van der Waals surface area contributed by atoms with Crippen molar-refractivity contribution < 1.29 is 4.73 Å². The summed E-state index contributed by atoms with van der Waals surface area (Å²) >= 11 is 0. The van der Waals surface area contributed by atoms with Crippen LogP contribution in [0.15, 0.2) is 53.5 Å².